The average molecular weight is 391 g/mol. The molecule has 0 radical (unpaired) electrons. The molecule has 0 aromatic heterocycles. The monoisotopic (exact) mass is 388 g/mol. The number of rotatable bonds is 1. The van der Waals surface area contributed by atoms with Crippen LogP contribution in [0.5, 0.6) is 0 Å². The van der Waals surface area contributed by atoms with Crippen molar-refractivity contribution in [1.82, 2.24) is 3.26 Å². The molecule has 2 nitrogen and oxygen atoms in total. The Bertz CT molecular complexity index is 337. The van der Waals surface area contributed by atoms with Crippen LogP contribution >= 0.6 is 40.7 Å². The number of carbonyl (C=O) groups is 1. The predicted octanol–water partition coefficient (Wildman–Crippen LogP) is 3.10. The van der Waals surface area contributed by atoms with Crippen LogP contribution in [0.15, 0.2) is 16.6 Å². The Labute approximate surface area is 126 Å². The minimum Gasteiger partial charge on any atom is -0.147 e. The third kappa shape index (κ3) is 4.56. The summed E-state index contributed by atoms with van der Waals surface area (Å²) in [5.74, 6) is 0.0145. The molecule has 0 spiro atoms. The Kier molecular flexibility index (Phi) is 9.41. The second kappa shape index (κ2) is 7.83. The summed E-state index contributed by atoms with van der Waals surface area (Å²) in [5, 5.41) is 0. The van der Waals surface area contributed by atoms with E-state index in [0.717, 1.165) is 46.2 Å². The van der Waals surface area contributed by atoms with E-state index in [-0.39, 0.29) is 30.7 Å². The first kappa shape index (κ1) is 18.0. The molecule has 1 aromatic rings. The summed E-state index contributed by atoms with van der Waals surface area (Å²) in [5.41, 5.74) is 2.80. The van der Waals surface area contributed by atoms with Gasteiger partial charge in [-0.15, -0.1) is 24.8 Å². The minimum atomic E-state index is 0. The second-order valence-electron chi connectivity index (χ2n) is 2.87. The van der Waals surface area contributed by atoms with Crippen LogP contribution in [0.4, 0.5) is 0 Å². The molecule has 1 rings (SSSR count). The van der Waals surface area contributed by atoms with E-state index < -0.39 is 0 Å². The summed E-state index contributed by atoms with van der Waals surface area (Å²) in [6.07, 6.45) is 0. The quantitative estimate of drug-likeness (QED) is 0.784. The molecule has 0 aliphatic carbocycles. The maximum absolute atomic E-state index is 11.5. The Hall–Kier alpha value is 0.633. The maximum atomic E-state index is 11.5. The van der Waals surface area contributed by atoms with E-state index in [4.69, 9.17) is 0 Å². The van der Waals surface area contributed by atoms with E-state index in [1.54, 1.807) is 0 Å². The fraction of sp³-hybridized carbons (Fsp3) is 0.222. The van der Waals surface area contributed by atoms with Gasteiger partial charge < -0.3 is 0 Å². The molecule has 15 heavy (non-hydrogen) atoms. The SMILES string of the molecule is Cc1cc(Br)cc(C)c1C(=O)[NH][Zr].Cl.Cl. The van der Waals surface area contributed by atoms with Crippen LogP contribution < -0.4 is 3.26 Å². The Morgan fingerprint density at radius 1 is 1.27 bits per heavy atom. The Balaban J connectivity index is 0. The van der Waals surface area contributed by atoms with Gasteiger partial charge in [0.15, 0.2) is 0 Å². The molecule has 0 aliphatic rings. The molecule has 6 heteroatoms. The van der Waals surface area contributed by atoms with Crippen molar-refractivity contribution in [2.24, 2.45) is 0 Å². The summed E-state index contributed by atoms with van der Waals surface area (Å²) >= 11 is 4.42. The van der Waals surface area contributed by atoms with E-state index in [0.29, 0.717) is 0 Å². The fourth-order valence-corrected chi connectivity index (χ4v) is 2.33. The third-order valence-electron chi connectivity index (χ3n) is 1.84. The van der Waals surface area contributed by atoms with E-state index in [1.165, 1.54) is 0 Å². The number of carbonyl (C=O) groups excluding carboxylic acids is 1. The van der Waals surface area contributed by atoms with Gasteiger partial charge in [0, 0.05) is 0 Å². The number of benzene rings is 1. The number of nitrogens with one attached hydrogen (secondary N) is 1. The summed E-state index contributed by atoms with van der Waals surface area (Å²) in [6.45, 7) is 3.89. The Morgan fingerprint density at radius 3 is 2.00 bits per heavy atom. The standard InChI is InChI=1S/C9H10BrNO.2ClH.Zr/c1-5-3-7(10)4-6(2)8(5)9(11)12;;;/h3-4H,1-2H3,(H2,11,12);2*1H;/q;;;+1/p-1. The zero-order valence-corrected chi connectivity index (χ0v) is 13.9. The molecule has 0 saturated carbocycles. The average Bonchev–Trinajstić information content (AvgIpc) is 2.02. The van der Waals surface area contributed by atoms with Crippen LogP contribution in [0.2, 0.25) is 0 Å². The topological polar surface area (TPSA) is 29.1 Å². The molecule has 0 unspecified atom stereocenters. The molecule has 0 heterocycles. The molecule has 0 aliphatic heterocycles. The molecule has 83 valence electrons. The molecular formula is C9H11BrCl2NOZr. The Morgan fingerprint density at radius 2 is 1.67 bits per heavy atom. The molecule has 1 aromatic carbocycles. The van der Waals surface area contributed by atoms with Crippen LogP contribution in [0, 0.1) is 13.8 Å². The minimum absolute atomic E-state index is 0. The van der Waals surface area contributed by atoms with E-state index >= 15 is 0 Å². The third-order valence-corrected chi connectivity index (χ3v) is 2.85. The first-order valence-electron chi connectivity index (χ1n) is 3.80. The van der Waals surface area contributed by atoms with Crippen LogP contribution in [0.3, 0.4) is 0 Å². The van der Waals surface area contributed by atoms with Gasteiger partial charge >= 0.3 is 102 Å². The number of halogens is 3. The van der Waals surface area contributed by atoms with Crippen molar-refractivity contribution in [2.75, 3.05) is 0 Å². The number of hydrogen-bond acceptors (Lipinski definition) is 1. The van der Waals surface area contributed by atoms with E-state index in [1.807, 2.05) is 26.0 Å². The molecule has 0 atom stereocenters. The maximum Gasteiger partial charge on any atom is -0.147 e. The fourth-order valence-electron chi connectivity index (χ4n) is 1.33. The molecule has 1 amide bonds. The van der Waals surface area contributed by atoms with Gasteiger partial charge in [-0.3, -0.25) is 0 Å². The van der Waals surface area contributed by atoms with Crippen molar-refractivity contribution in [1.29, 1.82) is 0 Å². The van der Waals surface area contributed by atoms with Crippen molar-refractivity contribution in [3.63, 3.8) is 0 Å². The van der Waals surface area contributed by atoms with E-state index in [9.17, 15) is 4.79 Å². The van der Waals surface area contributed by atoms with Crippen molar-refractivity contribution < 1.29 is 29.8 Å². The summed E-state index contributed by atoms with van der Waals surface area (Å²) in [6, 6.07) is 3.90. The van der Waals surface area contributed by atoms with Crippen LogP contribution in [-0.4, -0.2) is 5.91 Å². The van der Waals surface area contributed by atoms with Crippen molar-refractivity contribution >= 4 is 46.7 Å². The second-order valence-corrected chi connectivity index (χ2v) is 4.40. The van der Waals surface area contributed by atoms with Crippen LogP contribution in [0.1, 0.15) is 21.5 Å². The number of aryl methyl sites for hydroxylation is 2. The van der Waals surface area contributed by atoms with Crippen LogP contribution in [0.25, 0.3) is 0 Å². The summed E-state index contributed by atoms with van der Waals surface area (Å²) in [4.78, 5) is 11.5. The van der Waals surface area contributed by atoms with Crippen molar-refractivity contribution in [3.05, 3.63) is 33.3 Å². The molecular weight excluding hydrogens is 380 g/mol. The molecule has 0 fully saturated rings. The summed E-state index contributed by atoms with van der Waals surface area (Å²) < 4.78 is 3.73. The van der Waals surface area contributed by atoms with Crippen LogP contribution in [-0.2, 0) is 25.0 Å². The first-order chi connectivity index (χ1) is 6.06. The van der Waals surface area contributed by atoms with Gasteiger partial charge in [-0.1, -0.05) is 0 Å². The molecule has 1 N–H and O–H groups in total. The van der Waals surface area contributed by atoms with Gasteiger partial charge in [-0.2, -0.15) is 0 Å². The van der Waals surface area contributed by atoms with Gasteiger partial charge in [0.05, 0.1) is 0 Å². The van der Waals surface area contributed by atoms with Gasteiger partial charge in [0.25, 0.3) is 0 Å². The largest absolute Gasteiger partial charge is 0.147 e. The molecule has 0 bridgehead atoms. The van der Waals surface area contributed by atoms with Crippen molar-refractivity contribution in [3.8, 4) is 0 Å². The predicted molar refractivity (Wildman–Crippen MR) is 65.6 cm³/mol. The normalized spacial score (nSPS) is 8.40. The van der Waals surface area contributed by atoms with Crippen molar-refractivity contribution in [2.45, 2.75) is 13.8 Å². The van der Waals surface area contributed by atoms with Gasteiger partial charge in [-0.25, -0.2) is 0 Å². The zero-order chi connectivity index (χ0) is 10.0. The van der Waals surface area contributed by atoms with Gasteiger partial charge in [0.1, 0.15) is 0 Å². The first-order valence-corrected chi connectivity index (χ1v) is 5.82. The van der Waals surface area contributed by atoms with Gasteiger partial charge in [-0.05, 0) is 0 Å². The zero-order valence-electron chi connectivity index (χ0n) is 8.26. The number of hydrogen-bond donors (Lipinski definition) is 1. The summed E-state index contributed by atoms with van der Waals surface area (Å²) in [7, 11) is 0. The smallest absolute Gasteiger partial charge is 0.147 e. The molecule has 0 saturated heterocycles. The van der Waals surface area contributed by atoms with Gasteiger partial charge in [0.2, 0.25) is 0 Å². The van der Waals surface area contributed by atoms with E-state index in [2.05, 4.69) is 19.2 Å². The number of amides is 1.